The molecule has 4 N–H and O–H groups in total. The van der Waals surface area contributed by atoms with Crippen LogP contribution in [0.2, 0.25) is 9.36 Å². The Kier molecular flexibility index (Phi) is 6.24. The summed E-state index contributed by atoms with van der Waals surface area (Å²) in [5, 5.41) is 37.1. The molecule has 41 heavy (non-hydrogen) atoms. The third kappa shape index (κ3) is 4.18. The van der Waals surface area contributed by atoms with Gasteiger partial charge in [0.15, 0.2) is 17.0 Å². The Balaban J connectivity index is 1.31. The van der Waals surface area contributed by atoms with E-state index in [0.717, 1.165) is 10.4 Å². The molecule has 4 aromatic heterocycles. The smallest absolute Gasteiger partial charge is 0.256 e. The first kappa shape index (κ1) is 26.3. The minimum Gasteiger partial charge on any atom is -0.389 e. The van der Waals surface area contributed by atoms with Gasteiger partial charge in [-0.25, -0.2) is 4.98 Å². The summed E-state index contributed by atoms with van der Waals surface area (Å²) in [7, 11) is 1.53. The van der Waals surface area contributed by atoms with Gasteiger partial charge in [0, 0.05) is 24.5 Å². The Hall–Kier alpha value is -3.62. The maximum Gasteiger partial charge on any atom is 0.256 e. The molecule has 2 aliphatic carbocycles. The van der Waals surface area contributed by atoms with Crippen molar-refractivity contribution in [3.63, 3.8) is 0 Å². The lowest BCUT2D eigenvalue weighted by Crippen LogP contribution is -2.41. The Bertz CT molecular complexity index is 1810. The summed E-state index contributed by atoms with van der Waals surface area (Å²) in [5.41, 5.74) is 1.37. The SMILES string of the molecule is CNC(=O)[C@]12CC1[C@@H](n1cnc3c(NCc4cccc(Cl)c4)nc(-n4cc(-c5ccc(Cl)s5)nn4)nc31)[C@H](O)C2O. The molecule has 12 nitrogen and oxygen atoms in total. The van der Waals surface area contributed by atoms with Crippen molar-refractivity contribution < 1.29 is 15.0 Å². The van der Waals surface area contributed by atoms with Crippen LogP contribution < -0.4 is 10.6 Å². The Morgan fingerprint density at radius 2 is 2.07 bits per heavy atom. The molecule has 15 heteroatoms. The molecule has 7 rings (SSSR count). The van der Waals surface area contributed by atoms with E-state index < -0.39 is 23.7 Å². The number of nitrogens with zero attached hydrogens (tertiary/aromatic N) is 7. The predicted octanol–water partition coefficient (Wildman–Crippen LogP) is 3.08. The van der Waals surface area contributed by atoms with Crippen molar-refractivity contribution in [2.75, 3.05) is 12.4 Å². The second-order valence-electron chi connectivity index (χ2n) is 10.2. The summed E-state index contributed by atoms with van der Waals surface area (Å²) in [6.07, 6.45) is 1.31. The van der Waals surface area contributed by atoms with Crippen molar-refractivity contribution in [2.24, 2.45) is 11.3 Å². The highest BCUT2D eigenvalue weighted by Gasteiger charge is 2.75. The number of fused-ring (bicyclic) bond motifs is 2. The summed E-state index contributed by atoms with van der Waals surface area (Å²) in [6, 6.07) is 10.5. The van der Waals surface area contributed by atoms with E-state index in [2.05, 4.69) is 25.9 Å². The van der Waals surface area contributed by atoms with Gasteiger partial charge in [-0.05, 0) is 36.2 Å². The second-order valence-corrected chi connectivity index (χ2v) is 12.3. The van der Waals surface area contributed by atoms with Gasteiger partial charge in [-0.2, -0.15) is 14.6 Å². The topological polar surface area (TPSA) is 156 Å². The first-order valence-corrected chi connectivity index (χ1v) is 14.4. The maximum absolute atomic E-state index is 12.7. The monoisotopic (exact) mass is 611 g/mol. The summed E-state index contributed by atoms with van der Waals surface area (Å²) < 4.78 is 3.81. The molecule has 2 aliphatic rings. The van der Waals surface area contributed by atoms with Crippen molar-refractivity contribution in [3.8, 4) is 16.5 Å². The molecule has 1 aromatic carbocycles. The normalized spacial score (nSPS) is 24.9. The number of hydrogen-bond donors (Lipinski definition) is 4. The van der Waals surface area contributed by atoms with Gasteiger partial charge < -0.3 is 25.4 Å². The second kappa shape index (κ2) is 9.74. The van der Waals surface area contributed by atoms with Crippen molar-refractivity contribution in [1.29, 1.82) is 0 Å². The highest BCUT2D eigenvalue weighted by atomic mass is 35.5. The number of anilines is 1. The van der Waals surface area contributed by atoms with E-state index in [9.17, 15) is 15.0 Å². The zero-order chi connectivity index (χ0) is 28.5. The number of carbonyl (C=O) groups is 1. The molecule has 1 amide bonds. The third-order valence-corrected chi connectivity index (χ3v) is 9.41. The van der Waals surface area contributed by atoms with E-state index in [0.29, 0.717) is 45.0 Å². The van der Waals surface area contributed by atoms with Crippen LogP contribution >= 0.6 is 34.5 Å². The molecule has 210 valence electrons. The Labute approximate surface area is 247 Å². The van der Waals surface area contributed by atoms with Crippen LogP contribution in [-0.4, -0.2) is 69.9 Å². The maximum atomic E-state index is 12.7. The standard InChI is InChI=1S/C26H23Cl2N9O3S/c1-29-24(40)26-8-14(26)19(20(38)21(26)39)36-11-31-18-22(30-9-12-3-2-4-13(27)7-12)32-25(33-23(18)36)37-10-15(34-35-37)16-5-6-17(28)41-16/h2-7,10-11,14,19-21,38-39H,8-9H2,1H3,(H,29,40)(H,30,32,33)/t14?,19-,20+,21?,26-/m1/s1. The predicted molar refractivity (Wildman–Crippen MR) is 153 cm³/mol. The fourth-order valence-corrected chi connectivity index (χ4v) is 7.10. The van der Waals surface area contributed by atoms with E-state index in [-0.39, 0.29) is 17.8 Å². The Morgan fingerprint density at radius 3 is 2.83 bits per heavy atom. The van der Waals surface area contributed by atoms with E-state index in [4.69, 9.17) is 33.2 Å². The number of hydrogen-bond acceptors (Lipinski definition) is 10. The van der Waals surface area contributed by atoms with Crippen LogP contribution in [0.5, 0.6) is 0 Å². The molecule has 0 radical (unpaired) electrons. The quantitative estimate of drug-likeness (QED) is 0.217. The van der Waals surface area contributed by atoms with Crippen LogP contribution in [-0.2, 0) is 11.3 Å². The lowest BCUT2D eigenvalue weighted by atomic mass is 9.98. The molecule has 2 unspecified atom stereocenters. The highest BCUT2D eigenvalue weighted by molar-refractivity contribution is 7.19. The number of rotatable bonds is 7. The van der Waals surface area contributed by atoms with Gasteiger partial charge in [0.1, 0.15) is 11.8 Å². The van der Waals surface area contributed by atoms with Crippen LogP contribution in [0.3, 0.4) is 0 Å². The number of benzene rings is 1. The van der Waals surface area contributed by atoms with E-state index in [1.165, 1.54) is 23.1 Å². The highest BCUT2D eigenvalue weighted by Crippen LogP contribution is 2.67. The average Bonchev–Trinajstić information content (AvgIpc) is 3.37. The number of aliphatic hydroxyl groups is 2. The summed E-state index contributed by atoms with van der Waals surface area (Å²) in [4.78, 5) is 27.6. The van der Waals surface area contributed by atoms with Gasteiger partial charge in [0.25, 0.3) is 5.95 Å². The number of imidazole rings is 1. The molecule has 0 saturated heterocycles. The van der Waals surface area contributed by atoms with Gasteiger partial charge in [0.05, 0.1) is 39.3 Å². The van der Waals surface area contributed by atoms with Crippen LogP contribution in [0.1, 0.15) is 18.0 Å². The van der Waals surface area contributed by atoms with Gasteiger partial charge in [-0.3, -0.25) is 4.79 Å². The zero-order valence-electron chi connectivity index (χ0n) is 21.4. The van der Waals surface area contributed by atoms with Gasteiger partial charge >= 0.3 is 0 Å². The summed E-state index contributed by atoms with van der Waals surface area (Å²) >= 11 is 13.7. The number of aliphatic hydroxyl groups excluding tert-OH is 2. The van der Waals surface area contributed by atoms with Gasteiger partial charge in [-0.15, -0.1) is 16.4 Å². The first-order chi connectivity index (χ1) is 19.8. The number of amides is 1. The van der Waals surface area contributed by atoms with Crippen molar-refractivity contribution >= 4 is 57.4 Å². The molecule has 5 aromatic rings. The molecule has 2 saturated carbocycles. The minimum atomic E-state index is -1.22. The molecular formula is C26H23Cl2N9O3S. The molecular weight excluding hydrogens is 589 g/mol. The van der Waals surface area contributed by atoms with Gasteiger partial charge in [0.2, 0.25) is 5.91 Å². The van der Waals surface area contributed by atoms with Crippen molar-refractivity contribution in [1.82, 2.24) is 39.8 Å². The fourth-order valence-electron chi connectivity index (χ4n) is 5.89. The molecule has 4 heterocycles. The largest absolute Gasteiger partial charge is 0.389 e. The molecule has 2 fully saturated rings. The summed E-state index contributed by atoms with van der Waals surface area (Å²) in [5.74, 6) is 0.0775. The zero-order valence-corrected chi connectivity index (χ0v) is 23.8. The Morgan fingerprint density at radius 1 is 1.22 bits per heavy atom. The number of aromatic nitrogens is 7. The number of halogens is 2. The van der Waals surface area contributed by atoms with E-state index in [1.54, 1.807) is 29.2 Å². The van der Waals surface area contributed by atoms with Gasteiger partial charge in [-0.1, -0.05) is 40.5 Å². The minimum absolute atomic E-state index is 0.218. The lowest BCUT2D eigenvalue weighted by molar-refractivity contribution is -0.132. The van der Waals surface area contributed by atoms with Crippen LogP contribution in [0.4, 0.5) is 5.82 Å². The molecule has 0 bridgehead atoms. The number of nitrogens with one attached hydrogen (secondary N) is 2. The van der Waals surface area contributed by atoms with Crippen molar-refractivity contribution in [2.45, 2.75) is 31.2 Å². The summed E-state index contributed by atoms with van der Waals surface area (Å²) in [6.45, 7) is 0.405. The third-order valence-electron chi connectivity index (χ3n) is 7.93. The lowest BCUT2D eigenvalue weighted by Gasteiger charge is -2.23. The van der Waals surface area contributed by atoms with Crippen LogP contribution in [0, 0.1) is 11.3 Å². The number of carbonyl (C=O) groups excluding carboxylic acids is 1. The first-order valence-electron chi connectivity index (χ1n) is 12.8. The molecule has 0 aliphatic heterocycles. The fraction of sp³-hybridized carbons (Fsp3) is 0.308. The average molecular weight is 613 g/mol. The van der Waals surface area contributed by atoms with Crippen LogP contribution in [0.15, 0.2) is 48.9 Å². The number of thiophene rings is 1. The molecule has 0 spiro atoms. The van der Waals surface area contributed by atoms with E-state index in [1.807, 2.05) is 24.3 Å². The van der Waals surface area contributed by atoms with Crippen LogP contribution in [0.25, 0.3) is 27.7 Å². The molecule has 5 atom stereocenters. The van der Waals surface area contributed by atoms with Crippen molar-refractivity contribution in [3.05, 3.63) is 63.8 Å². The van der Waals surface area contributed by atoms with E-state index >= 15 is 0 Å².